The molecule has 1 saturated heterocycles. The molecule has 32 heavy (non-hydrogen) atoms. The standard InChI is InChI=1S/C24H29N5O2.HI/c1-25-24(28-17-15-27(16-18-28)19-9-3-2-4-10-19)26-13-7-8-14-29-22(30)20-11-5-6-12-21(20)23(29)31;/h2-6,9-12H,7-8,13-18H2,1H3,(H,25,26);1H. The largest absolute Gasteiger partial charge is 0.368 e. The van der Waals surface area contributed by atoms with Crippen LogP contribution >= 0.6 is 24.0 Å². The highest BCUT2D eigenvalue weighted by Crippen LogP contribution is 2.22. The van der Waals surface area contributed by atoms with E-state index in [2.05, 4.69) is 44.4 Å². The van der Waals surface area contributed by atoms with Crippen molar-refractivity contribution < 1.29 is 9.59 Å². The number of hydrogen-bond donors (Lipinski definition) is 1. The van der Waals surface area contributed by atoms with Crippen molar-refractivity contribution in [3.8, 4) is 0 Å². The third-order valence-corrected chi connectivity index (χ3v) is 5.88. The van der Waals surface area contributed by atoms with Crippen molar-refractivity contribution in [2.45, 2.75) is 12.8 Å². The summed E-state index contributed by atoms with van der Waals surface area (Å²) < 4.78 is 0. The van der Waals surface area contributed by atoms with Crippen LogP contribution in [-0.2, 0) is 0 Å². The van der Waals surface area contributed by atoms with Gasteiger partial charge in [0.2, 0.25) is 0 Å². The van der Waals surface area contributed by atoms with Gasteiger partial charge in [0.05, 0.1) is 11.1 Å². The summed E-state index contributed by atoms with van der Waals surface area (Å²) in [6.07, 6.45) is 1.62. The fraction of sp³-hybridized carbons (Fsp3) is 0.375. The number of unbranched alkanes of at least 4 members (excludes halogenated alkanes) is 1. The van der Waals surface area contributed by atoms with Crippen LogP contribution in [0.2, 0.25) is 0 Å². The predicted molar refractivity (Wildman–Crippen MR) is 138 cm³/mol. The minimum atomic E-state index is -0.180. The molecule has 0 unspecified atom stereocenters. The number of benzene rings is 2. The highest BCUT2D eigenvalue weighted by atomic mass is 127. The van der Waals surface area contributed by atoms with Crippen LogP contribution in [0.1, 0.15) is 33.6 Å². The van der Waals surface area contributed by atoms with Gasteiger partial charge in [0, 0.05) is 52.0 Å². The molecule has 0 radical (unpaired) electrons. The molecule has 1 fully saturated rings. The minimum absolute atomic E-state index is 0. The Balaban J connectivity index is 0.00000289. The number of piperazine rings is 1. The quantitative estimate of drug-likeness (QED) is 0.198. The van der Waals surface area contributed by atoms with E-state index in [0.29, 0.717) is 17.7 Å². The Morgan fingerprint density at radius 1 is 0.875 bits per heavy atom. The number of aliphatic imine (C=N–C) groups is 1. The van der Waals surface area contributed by atoms with Crippen molar-refractivity contribution in [1.29, 1.82) is 0 Å². The summed E-state index contributed by atoms with van der Waals surface area (Å²) in [5.41, 5.74) is 2.29. The topological polar surface area (TPSA) is 68.2 Å². The number of nitrogens with one attached hydrogen (secondary N) is 1. The van der Waals surface area contributed by atoms with Gasteiger partial charge >= 0.3 is 0 Å². The molecule has 2 aromatic rings. The van der Waals surface area contributed by atoms with Gasteiger partial charge in [-0.05, 0) is 37.1 Å². The summed E-state index contributed by atoms with van der Waals surface area (Å²) in [5.74, 6) is 0.551. The van der Waals surface area contributed by atoms with Crippen molar-refractivity contribution in [3.05, 3.63) is 65.7 Å². The van der Waals surface area contributed by atoms with E-state index in [-0.39, 0.29) is 35.8 Å². The van der Waals surface area contributed by atoms with Gasteiger partial charge in [0.1, 0.15) is 0 Å². The van der Waals surface area contributed by atoms with E-state index < -0.39 is 0 Å². The van der Waals surface area contributed by atoms with Crippen LogP contribution in [0, 0.1) is 0 Å². The van der Waals surface area contributed by atoms with Crippen LogP contribution < -0.4 is 10.2 Å². The summed E-state index contributed by atoms with van der Waals surface area (Å²) >= 11 is 0. The van der Waals surface area contributed by atoms with Gasteiger partial charge in [0.25, 0.3) is 11.8 Å². The van der Waals surface area contributed by atoms with Gasteiger partial charge in [-0.1, -0.05) is 30.3 Å². The van der Waals surface area contributed by atoms with E-state index in [9.17, 15) is 9.59 Å². The molecule has 8 heteroatoms. The van der Waals surface area contributed by atoms with Gasteiger partial charge in [-0.25, -0.2) is 0 Å². The van der Waals surface area contributed by atoms with E-state index in [1.807, 2.05) is 13.1 Å². The molecular weight excluding hydrogens is 517 g/mol. The maximum absolute atomic E-state index is 12.4. The van der Waals surface area contributed by atoms with Crippen LogP contribution in [0.3, 0.4) is 0 Å². The number of halogens is 1. The van der Waals surface area contributed by atoms with Gasteiger partial charge in [-0.3, -0.25) is 19.5 Å². The molecule has 4 rings (SSSR count). The van der Waals surface area contributed by atoms with Gasteiger partial charge < -0.3 is 15.1 Å². The maximum Gasteiger partial charge on any atom is 0.261 e. The summed E-state index contributed by atoms with van der Waals surface area (Å²) in [4.78, 5) is 35.3. The summed E-state index contributed by atoms with van der Waals surface area (Å²) in [7, 11) is 1.81. The number of para-hydroxylation sites is 1. The number of fused-ring (bicyclic) bond motifs is 1. The molecule has 0 aromatic heterocycles. The number of hydrogen-bond acceptors (Lipinski definition) is 4. The zero-order valence-corrected chi connectivity index (χ0v) is 20.7. The Hall–Kier alpha value is -2.62. The first-order valence-corrected chi connectivity index (χ1v) is 10.9. The lowest BCUT2D eigenvalue weighted by atomic mass is 10.1. The molecule has 1 N–H and O–H groups in total. The molecule has 7 nitrogen and oxygen atoms in total. The van der Waals surface area contributed by atoms with Crippen LogP contribution in [-0.4, -0.2) is 73.9 Å². The summed E-state index contributed by atoms with van der Waals surface area (Å²) in [6, 6.07) is 17.5. The average molecular weight is 547 g/mol. The smallest absolute Gasteiger partial charge is 0.261 e. The first-order chi connectivity index (χ1) is 15.2. The Kier molecular flexibility index (Phi) is 8.49. The molecule has 0 atom stereocenters. The summed E-state index contributed by atoms with van der Waals surface area (Å²) in [5, 5.41) is 3.43. The molecule has 0 saturated carbocycles. The van der Waals surface area contributed by atoms with Crippen molar-refractivity contribution >= 4 is 47.4 Å². The third kappa shape index (κ3) is 5.23. The Morgan fingerprint density at radius 3 is 2.06 bits per heavy atom. The molecule has 2 aliphatic heterocycles. The van der Waals surface area contributed by atoms with Crippen molar-refractivity contribution in [1.82, 2.24) is 15.1 Å². The molecule has 0 spiro atoms. The molecule has 0 bridgehead atoms. The van der Waals surface area contributed by atoms with Gasteiger partial charge in [-0.2, -0.15) is 0 Å². The first-order valence-electron chi connectivity index (χ1n) is 10.9. The van der Waals surface area contributed by atoms with Crippen molar-refractivity contribution in [2.24, 2.45) is 4.99 Å². The molecule has 0 aliphatic carbocycles. The van der Waals surface area contributed by atoms with Crippen molar-refractivity contribution in [2.75, 3.05) is 51.2 Å². The van der Waals surface area contributed by atoms with E-state index in [1.54, 1.807) is 24.3 Å². The molecule has 2 aliphatic rings. The van der Waals surface area contributed by atoms with E-state index in [0.717, 1.165) is 51.5 Å². The van der Waals surface area contributed by atoms with Crippen LogP contribution in [0.4, 0.5) is 5.69 Å². The lowest BCUT2D eigenvalue weighted by Gasteiger charge is -2.37. The molecule has 2 heterocycles. The number of nitrogens with zero attached hydrogens (tertiary/aromatic N) is 4. The van der Waals surface area contributed by atoms with Crippen LogP contribution in [0.15, 0.2) is 59.6 Å². The molecular formula is C24H30IN5O2. The highest BCUT2D eigenvalue weighted by molar-refractivity contribution is 14.0. The monoisotopic (exact) mass is 547 g/mol. The second kappa shape index (κ2) is 11.3. The molecule has 2 aromatic carbocycles. The maximum atomic E-state index is 12.4. The fourth-order valence-electron chi connectivity index (χ4n) is 4.18. The summed E-state index contributed by atoms with van der Waals surface area (Å²) in [6.45, 7) is 4.97. The number of amides is 2. The lowest BCUT2D eigenvalue weighted by molar-refractivity contribution is 0.0652. The number of guanidine groups is 1. The first kappa shape index (κ1) is 24.0. The van der Waals surface area contributed by atoms with Crippen LogP contribution in [0.5, 0.6) is 0 Å². The van der Waals surface area contributed by atoms with E-state index in [4.69, 9.17) is 0 Å². The average Bonchev–Trinajstić information content (AvgIpc) is 3.07. The number of imide groups is 1. The van der Waals surface area contributed by atoms with E-state index >= 15 is 0 Å². The lowest BCUT2D eigenvalue weighted by Crippen LogP contribution is -2.52. The third-order valence-electron chi connectivity index (χ3n) is 5.88. The van der Waals surface area contributed by atoms with Gasteiger partial charge in [-0.15, -0.1) is 24.0 Å². The van der Waals surface area contributed by atoms with Crippen molar-refractivity contribution in [3.63, 3.8) is 0 Å². The predicted octanol–water partition coefficient (Wildman–Crippen LogP) is 3.08. The fourth-order valence-corrected chi connectivity index (χ4v) is 4.18. The zero-order valence-electron chi connectivity index (χ0n) is 18.4. The second-order valence-electron chi connectivity index (χ2n) is 7.80. The Bertz CT molecular complexity index is 923. The normalized spacial score (nSPS) is 16.2. The molecule has 2 amide bonds. The van der Waals surface area contributed by atoms with Gasteiger partial charge in [0.15, 0.2) is 5.96 Å². The zero-order chi connectivity index (χ0) is 21.6. The number of carbonyl (C=O) groups excluding carboxylic acids is 2. The Morgan fingerprint density at radius 2 is 1.47 bits per heavy atom. The van der Waals surface area contributed by atoms with Crippen LogP contribution in [0.25, 0.3) is 0 Å². The second-order valence-corrected chi connectivity index (χ2v) is 7.80. The van der Waals surface area contributed by atoms with E-state index in [1.165, 1.54) is 10.6 Å². The highest BCUT2D eigenvalue weighted by Gasteiger charge is 2.34. The SMILES string of the molecule is CN=C(NCCCCN1C(=O)c2ccccc2C1=O)N1CCN(c2ccccc2)CC1.I. The number of anilines is 1. The minimum Gasteiger partial charge on any atom is -0.368 e. The Labute approximate surface area is 206 Å². The molecule has 170 valence electrons. The number of carbonyl (C=O) groups is 2. The number of rotatable bonds is 6.